The Morgan fingerprint density at radius 1 is 1.35 bits per heavy atom. The maximum absolute atomic E-state index is 12.4. The van der Waals surface area contributed by atoms with Crippen molar-refractivity contribution in [2.24, 2.45) is 5.92 Å². The van der Waals surface area contributed by atoms with Crippen LogP contribution in [-0.2, 0) is 4.79 Å². The van der Waals surface area contributed by atoms with E-state index in [9.17, 15) is 4.79 Å². The van der Waals surface area contributed by atoms with E-state index in [1.165, 1.54) is 6.42 Å². The first-order chi connectivity index (χ1) is 11.3. The van der Waals surface area contributed by atoms with Crippen LogP contribution in [0.25, 0.3) is 17.0 Å². The van der Waals surface area contributed by atoms with Gasteiger partial charge in [0.2, 0.25) is 5.91 Å². The Morgan fingerprint density at radius 3 is 3.09 bits per heavy atom. The fourth-order valence-corrected chi connectivity index (χ4v) is 3.16. The summed E-state index contributed by atoms with van der Waals surface area (Å²) in [4.78, 5) is 18.9. The van der Waals surface area contributed by atoms with Crippen molar-refractivity contribution in [3.05, 3.63) is 48.2 Å². The molecule has 120 valence electrons. The lowest BCUT2D eigenvalue weighted by atomic mass is 9.98. The minimum atomic E-state index is 0.0840. The largest absolute Gasteiger partial charge is 0.339 e. The maximum Gasteiger partial charge on any atom is 0.246 e. The topological polar surface area (TPSA) is 45.2 Å². The third-order valence-electron chi connectivity index (χ3n) is 4.34. The molecule has 2 heterocycles. The van der Waals surface area contributed by atoms with E-state index in [0.717, 1.165) is 42.7 Å². The number of piperidine rings is 1. The molecule has 0 aliphatic carbocycles. The second-order valence-corrected chi connectivity index (χ2v) is 6.11. The zero-order valence-electron chi connectivity index (χ0n) is 13.5. The minimum absolute atomic E-state index is 0.0840. The van der Waals surface area contributed by atoms with Crippen molar-refractivity contribution in [2.45, 2.75) is 12.8 Å². The van der Waals surface area contributed by atoms with E-state index in [0.29, 0.717) is 5.92 Å². The van der Waals surface area contributed by atoms with Crippen molar-refractivity contribution in [1.29, 1.82) is 0 Å². The summed E-state index contributed by atoms with van der Waals surface area (Å²) in [5.41, 5.74) is 1.77. The molecule has 1 unspecified atom stereocenters. The van der Waals surface area contributed by atoms with E-state index in [4.69, 9.17) is 0 Å². The van der Waals surface area contributed by atoms with Crippen molar-refractivity contribution >= 4 is 22.9 Å². The first-order valence-electron chi connectivity index (χ1n) is 8.23. The summed E-state index contributed by atoms with van der Waals surface area (Å²) in [6, 6.07) is 12.0. The fourth-order valence-electron chi connectivity index (χ4n) is 3.16. The molecule has 1 amide bonds. The molecule has 4 nitrogen and oxygen atoms in total. The number of hydrogen-bond donors (Lipinski definition) is 1. The monoisotopic (exact) mass is 309 g/mol. The average molecular weight is 309 g/mol. The molecule has 1 aliphatic rings. The van der Waals surface area contributed by atoms with E-state index < -0.39 is 0 Å². The number of fused-ring (bicyclic) bond motifs is 1. The Bertz CT molecular complexity index is 709. The standard InChI is InChI=1S/C19H23N3O/c1-20-13-15-5-4-12-22(14-15)19(23)11-10-17-9-8-16-6-2-3-7-18(16)21-17/h2-3,6-11,15,20H,4-5,12-14H2,1H3/b11-10+. The van der Waals surface area contributed by atoms with Gasteiger partial charge in [-0.2, -0.15) is 0 Å². The summed E-state index contributed by atoms with van der Waals surface area (Å²) < 4.78 is 0. The van der Waals surface area contributed by atoms with Crippen molar-refractivity contribution < 1.29 is 4.79 Å². The number of hydrogen-bond acceptors (Lipinski definition) is 3. The third-order valence-corrected chi connectivity index (χ3v) is 4.34. The number of likely N-dealkylation sites (tertiary alicyclic amines) is 1. The highest BCUT2D eigenvalue weighted by atomic mass is 16.2. The van der Waals surface area contributed by atoms with Crippen molar-refractivity contribution in [2.75, 3.05) is 26.7 Å². The molecule has 0 radical (unpaired) electrons. The Kier molecular flexibility index (Phi) is 5.03. The van der Waals surface area contributed by atoms with Gasteiger partial charge in [0.05, 0.1) is 11.2 Å². The van der Waals surface area contributed by atoms with Crippen LogP contribution in [-0.4, -0.2) is 42.5 Å². The molecule has 1 fully saturated rings. The molecule has 1 N–H and O–H groups in total. The maximum atomic E-state index is 12.4. The molecule has 1 aliphatic heterocycles. The third kappa shape index (κ3) is 3.96. The van der Waals surface area contributed by atoms with Crippen molar-refractivity contribution in [3.8, 4) is 0 Å². The SMILES string of the molecule is CNCC1CCCN(C(=O)/C=C/c2ccc3ccccc3n2)C1. The van der Waals surface area contributed by atoms with E-state index in [-0.39, 0.29) is 5.91 Å². The number of amides is 1. The molecular weight excluding hydrogens is 286 g/mol. The number of carbonyl (C=O) groups is 1. The lowest BCUT2D eigenvalue weighted by Crippen LogP contribution is -2.41. The Balaban J connectivity index is 1.67. The summed E-state index contributed by atoms with van der Waals surface area (Å²) in [6.45, 7) is 2.67. The molecule has 0 bridgehead atoms. The van der Waals surface area contributed by atoms with E-state index >= 15 is 0 Å². The Labute approximate surface area is 137 Å². The van der Waals surface area contributed by atoms with Gasteiger partial charge in [0, 0.05) is 24.6 Å². The lowest BCUT2D eigenvalue weighted by molar-refractivity contribution is -0.127. The number of aromatic nitrogens is 1. The number of nitrogens with one attached hydrogen (secondary N) is 1. The number of carbonyl (C=O) groups excluding carboxylic acids is 1. The quantitative estimate of drug-likeness (QED) is 0.883. The Hall–Kier alpha value is -2.20. The number of benzene rings is 1. The minimum Gasteiger partial charge on any atom is -0.339 e. The molecule has 0 saturated carbocycles. The predicted molar refractivity (Wildman–Crippen MR) is 94.0 cm³/mol. The molecule has 1 aromatic heterocycles. The van der Waals surface area contributed by atoms with Crippen LogP contribution in [0.15, 0.2) is 42.5 Å². The molecule has 23 heavy (non-hydrogen) atoms. The summed E-state index contributed by atoms with van der Waals surface area (Å²) in [5.74, 6) is 0.644. The van der Waals surface area contributed by atoms with Gasteiger partial charge in [-0.25, -0.2) is 4.98 Å². The second-order valence-electron chi connectivity index (χ2n) is 6.11. The van der Waals surface area contributed by atoms with Crippen LogP contribution in [0.1, 0.15) is 18.5 Å². The molecule has 2 aromatic rings. The molecule has 3 rings (SSSR count). The number of para-hydroxylation sites is 1. The fraction of sp³-hybridized carbons (Fsp3) is 0.368. The number of nitrogens with zero attached hydrogens (tertiary/aromatic N) is 2. The van der Waals surface area contributed by atoms with Gasteiger partial charge in [-0.05, 0) is 50.6 Å². The predicted octanol–water partition coefficient (Wildman–Crippen LogP) is 2.71. The first-order valence-corrected chi connectivity index (χ1v) is 8.23. The van der Waals surface area contributed by atoms with Crippen LogP contribution in [0.2, 0.25) is 0 Å². The van der Waals surface area contributed by atoms with Crippen LogP contribution in [0.3, 0.4) is 0 Å². The van der Waals surface area contributed by atoms with Gasteiger partial charge in [-0.15, -0.1) is 0 Å². The summed E-state index contributed by atoms with van der Waals surface area (Å²) in [7, 11) is 1.96. The van der Waals surface area contributed by atoms with Gasteiger partial charge in [-0.1, -0.05) is 24.3 Å². The zero-order chi connectivity index (χ0) is 16.1. The molecule has 4 heteroatoms. The smallest absolute Gasteiger partial charge is 0.246 e. The van der Waals surface area contributed by atoms with Crippen LogP contribution < -0.4 is 5.32 Å². The van der Waals surface area contributed by atoms with Gasteiger partial charge in [0.15, 0.2) is 0 Å². The van der Waals surface area contributed by atoms with Gasteiger partial charge in [-0.3, -0.25) is 4.79 Å². The lowest BCUT2D eigenvalue weighted by Gasteiger charge is -2.32. The van der Waals surface area contributed by atoms with Gasteiger partial charge in [0.1, 0.15) is 0 Å². The number of pyridine rings is 1. The van der Waals surface area contributed by atoms with Gasteiger partial charge >= 0.3 is 0 Å². The van der Waals surface area contributed by atoms with E-state index in [1.807, 2.05) is 54.4 Å². The molecular formula is C19H23N3O. The van der Waals surface area contributed by atoms with Crippen LogP contribution in [0.5, 0.6) is 0 Å². The highest BCUT2D eigenvalue weighted by molar-refractivity contribution is 5.92. The van der Waals surface area contributed by atoms with E-state index in [1.54, 1.807) is 6.08 Å². The highest BCUT2D eigenvalue weighted by Gasteiger charge is 2.21. The highest BCUT2D eigenvalue weighted by Crippen LogP contribution is 2.17. The first kappa shape index (κ1) is 15.7. The second kappa shape index (κ2) is 7.38. The summed E-state index contributed by atoms with van der Waals surface area (Å²) in [6.07, 6.45) is 5.75. The van der Waals surface area contributed by atoms with Crippen molar-refractivity contribution in [1.82, 2.24) is 15.2 Å². The summed E-state index contributed by atoms with van der Waals surface area (Å²) in [5, 5.41) is 4.32. The van der Waals surface area contributed by atoms with Crippen molar-refractivity contribution in [3.63, 3.8) is 0 Å². The number of rotatable bonds is 4. The van der Waals surface area contributed by atoms with Gasteiger partial charge < -0.3 is 10.2 Å². The molecule has 1 aromatic carbocycles. The van der Waals surface area contributed by atoms with Crippen LogP contribution in [0, 0.1) is 5.92 Å². The van der Waals surface area contributed by atoms with Gasteiger partial charge in [0.25, 0.3) is 0 Å². The molecule has 1 saturated heterocycles. The van der Waals surface area contributed by atoms with E-state index in [2.05, 4.69) is 10.3 Å². The zero-order valence-corrected chi connectivity index (χ0v) is 13.5. The molecule has 1 atom stereocenters. The Morgan fingerprint density at radius 2 is 2.22 bits per heavy atom. The normalized spacial score (nSPS) is 18.7. The van der Waals surface area contributed by atoms with Crippen LogP contribution >= 0.6 is 0 Å². The van der Waals surface area contributed by atoms with Crippen LogP contribution in [0.4, 0.5) is 0 Å². The summed E-state index contributed by atoms with van der Waals surface area (Å²) >= 11 is 0. The molecule has 0 spiro atoms. The average Bonchev–Trinajstić information content (AvgIpc) is 2.60.